The Morgan fingerprint density at radius 3 is 2.70 bits per heavy atom. The summed E-state index contributed by atoms with van der Waals surface area (Å²) in [5.74, 6) is 1.01. The third-order valence-electron chi connectivity index (χ3n) is 4.68. The maximum atomic E-state index is 11.8. The van der Waals surface area contributed by atoms with Gasteiger partial charge in [-0.15, -0.1) is 0 Å². The second-order valence-corrected chi connectivity index (χ2v) is 6.53. The topological polar surface area (TPSA) is 52.6 Å². The molecular weight excluding hydrogens is 252 g/mol. The summed E-state index contributed by atoms with van der Waals surface area (Å²) < 4.78 is 0. The average molecular weight is 282 g/mol. The first-order valence-corrected chi connectivity index (χ1v) is 8.41. The molecule has 2 aliphatic rings. The largest absolute Gasteiger partial charge is 0.392 e. The van der Waals surface area contributed by atoms with Crippen molar-refractivity contribution in [1.82, 2.24) is 10.2 Å². The Morgan fingerprint density at radius 2 is 1.95 bits per heavy atom. The van der Waals surface area contributed by atoms with Crippen molar-refractivity contribution >= 4 is 5.91 Å². The summed E-state index contributed by atoms with van der Waals surface area (Å²) in [4.78, 5) is 13.9. The first kappa shape index (κ1) is 15.8. The van der Waals surface area contributed by atoms with Gasteiger partial charge in [0.25, 0.3) is 0 Å². The molecule has 1 aliphatic carbocycles. The van der Waals surface area contributed by atoms with Gasteiger partial charge in [-0.3, -0.25) is 9.69 Å². The van der Waals surface area contributed by atoms with Crippen molar-refractivity contribution in [1.29, 1.82) is 0 Å². The predicted octanol–water partition coefficient (Wildman–Crippen LogP) is 1.92. The molecule has 116 valence electrons. The van der Waals surface area contributed by atoms with E-state index in [1.807, 2.05) is 0 Å². The molecule has 2 fully saturated rings. The van der Waals surface area contributed by atoms with Crippen LogP contribution in [0.15, 0.2) is 0 Å². The Morgan fingerprint density at radius 1 is 1.15 bits per heavy atom. The number of hydrogen-bond acceptors (Lipinski definition) is 3. The Balaban J connectivity index is 1.51. The SMILES string of the molecule is O=C(CN1CCCC(O)C1)NCCCC1CCCCC1. The fourth-order valence-corrected chi connectivity index (χ4v) is 3.53. The lowest BCUT2D eigenvalue weighted by Crippen LogP contribution is -2.44. The normalized spacial score (nSPS) is 25.6. The number of nitrogens with zero attached hydrogens (tertiary/aromatic N) is 1. The minimum Gasteiger partial charge on any atom is -0.392 e. The Kier molecular flexibility index (Phi) is 6.80. The van der Waals surface area contributed by atoms with Crippen LogP contribution in [-0.4, -0.2) is 48.2 Å². The fraction of sp³-hybridized carbons (Fsp3) is 0.938. The molecule has 2 N–H and O–H groups in total. The van der Waals surface area contributed by atoms with Crippen LogP contribution < -0.4 is 5.32 Å². The van der Waals surface area contributed by atoms with Crippen LogP contribution in [0.4, 0.5) is 0 Å². The Bertz CT molecular complexity index is 290. The van der Waals surface area contributed by atoms with E-state index in [0.717, 1.165) is 38.3 Å². The molecule has 1 saturated carbocycles. The predicted molar refractivity (Wildman–Crippen MR) is 80.5 cm³/mol. The van der Waals surface area contributed by atoms with Crippen molar-refractivity contribution in [3.05, 3.63) is 0 Å². The van der Waals surface area contributed by atoms with Crippen molar-refractivity contribution in [2.24, 2.45) is 5.92 Å². The summed E-state index contributed by atoms with van der Waals surface area (Å²) in [6.07, 6.45) is 11.0. The van der Waals surface area contributed by atoms with Gasteiger partial charge in [-0.05, 0) is 38.1 Å². The lowest BCUT2D eigenvalue weighted by molar-refractivity contribution is -0.122. The lowest BCUT2D eigenvalue weighted by Gasteiger charge is -2.29. The highest BCUT2D eigenvalue weighted by molar-refractivity contribution is 5.77. The number of hydrogen-bond donors (Lipinski definition) is 2. The van der Waals surface area contributed by atoms with Crippen LogP contribution >= 0.6 is 0 Å². The zero-order valence-corrected chi connectivity index (χ0v) is 12.6. The third kappa shape index (κ3) is 5.80. The summed E-state index contributed by atoms with van der Waals surface area (Å²) in [5, 5.41) is 12.6. The number of piperidine rings is 1. The molecule has 1 atom stereocenters. The summed E-state index contributed by atoms with van der Waals surface area (Å²) >= 11 is 0. The number of carbonyl (C=O) groups excluding carboxylic acids is 1. The number of likely N-dealkylation sites (tertiary alicyclic amines) is 1. The van der Waals surface area contributed by atoms with Gasteiger partial charge in [0.05, 0.1) is 12.6 Å². The standard InChI is InChI=1S/C16H30N2O2/c19-15-9-5-11-18(12-15)13-16(20)17-10-4-8-14-6-2-1-3-7-14/h14-15,19H,1-13H2,(H,17,20). The molecule has 4 heteroatoms. The highest BCUT2D eigenvalue weighted by atomic mass is 16.3. The number of carbonyl (C=O) groups is 1. The number of nitrogens with one attached hydrogen (secondary N) is 1. The van der Waals surface area contributed by atoms with E-state index in [0.29, 0.717) is 13.1 Å². The highest BCUT2D eigenvalue weighted by Crippen LogP contribution is 2.26. The zero-order chi connectivity index (χ0) is 14.2. The van der Waals surface area contributed by atoms with Crippen LogP contribution in [0, 0.1) is 5.92 Å². The molecule has 0 aromatic carbocycles. The molecule has 1 aliphatic heterocycles. The van der Waals surface area contributed by atoms with Crippen molar-refractivity contribution in [3.63, 3.8) is 0 Å². The molecule has 1 saturated heterocycles. The molecule has 1 heterocycles. The molecule has 2 rings (SSSR count). The Hall–Kier alpha value is -0.610. The lowest BCUT2D eigenvalue weighted by atomic mass is 9.86. The molecular formula is C16H30N2O2. The van der Waals surface area contributed by atoms with Gasteiger partial charge in [-0.1, -0.05) is 32.1 Å². The average Bonchev–Trinajstić information content (AvgIpc) is 2.45. The molecule has 1 amide bonds. The van der Waals surface area contributed by atoms with Gasteiger partial charge in [0.15, 0.2) is 0 Å². The van der Waals surface area contributed by atoms with Gasteiger partial charge in [0.2, 0.25) is 5.91 Å². The van der Waals surface area contributed by atoms with Gasteiger partial charge in [-0.25, -0.2) is 0 Å². The molecule has 20 heavy (non-hydrogen) atoms. The van der Waals surface area contributed by atoms with E-state index in [9.17, 15) is 9.90 Å². The number of aliphatic hydroxyl groups is 1. The summed E-state index contributed by atoms with van der Waals surface area (Å²) in [6.45, 7) is 2.84. The van der Waals surface area contributed by atoms with Crippen LogP contribution in [0.25, 0.3) is 0 Å². The first-order chi connectivity index (χ1) is 9.74. The number of rotatable bonds is 6. The summed E-state index contributed by atoms with van der Waals surface area (Å²) in [5.41, 5.74) is 0. The quantitative estimate of drug-likeness (QED) is 0.732. The summed E-state index contributed by atoms with van der Waals surface area (Å²) in [7, 11) is 0. The van der Waals surface area contributed by atoms with E-state index < -0.39 is 0 Å². The van der Waals surface area contributed by atoms with Crippen LogP contribution in [0.1, 0.15) is 57.8 Å². The van der Waals surface area contributed by atoms with E-state index in [1.165, 1.54) is 38.5 Å². The molecule has 1 unspecified atom stereocenters. The zero-order valence-electron chi connectivity index (χ0n) is 12.6. The van der Waals surface area contributed by atoms with Crippen LogP contribution in [0.3, 0.4) is 0 Å². The highest BCUT2D eigenvalue weighted by Gasteiger charge is 2.19. The van der Waals surface area contributed by atoms with Crippen LogP contribution in [-0.2, 0) is 4.79 Å². The van der Waals surface area contributed by atoms with E-state index in [-0.39, 0.29) is 12.0 Å². The van der Waals surface area contributed by atoms with Crippen molar-refractivity contribution in [3.8, 4) is 0 Å². The second-order valence-electron chi connectivity index (χ2n) is 6.53. The third-order valence-corrected chi connectivity index (χ3v) is 4.68. The van der Waals surface area contributed by atoms with Gasteiger partial charge in [0.1, 0.15) is 0 Å². The first-order valence-electron chi connectivity index (χ1n) is 8.41. The van der Waals surface area contributed by atoms with E-state index >= 15 is 0 Å². The molecule has 0 aromatic heterocycles. The van der Waals surface area contributed by atoms with Crippen LogP contribution in [0.5, 0.6) is 0 Å². The van der Waals surface area contributed by atoms with Gasteiger partial charge in [0, 0.05) is 13.1 Å². The van der Waals surface area contributed by atoms with E-state index in [4.69, 9.17) is 0 Å². The molecule has 0 aromatic rings. The second kappa shape index (κ2) is 8.63. The molecule has 4 nitrogen and oxygen atoms in total. The number of aliphatic hydroxyl groups excluding tert-OH is 1. The molecule has 0 radical (unpaired) electrons. The smallest absolute Gasteiger partial charge is 0.234 e. The van der Waals surface area contributed by atoms with E-state index in [2.05, 4.69) is 10.2 Å². The Labute approximate surface area is 122 Å². The molecule has 0 bridgehead atoms. The van der Waals surface area contributed by atoms with Gasteiger partial charge in [-0.2, -0.15) is 0 Å². The fourth-order valence-electron chi connectivity index (χ4n) is 3.53. The molecule has 0 spiro atoms. The van der Waals surface area contributed by atoms with Gasteiger partial charge < -0.3 is 10.4 Å². The minimum atomic E-state index is -0.247. The number of β-amino-alcohol motifs (C(OH)–C–C–N with tert-alkyl or cyclic N) is 1. The number of amides is 1. The van der Waals surface area contributed by atoms with Crippen molar-refractivity contribution < 1.29 is 9.90 Å². The van der Waals surface area contributed by atoms with Crippen molar-refractivity contribution in [2.45, 2.75) is 63.9 Å². The summed E-state index contributed by atoms with van der Waals surface area (Å²) in [6, 6.07) is 0. The van der Waals surface area contributed by atoms with Gasteiger partial charge >= 0.3 is 0 Å². The van der Waals surface area contributed by atoms with Crippen molar-refractivity contribution in [2.75, 3.05) is 26.2 Å². The minimum absolute atomic E-state index is 0.114. The van der Waals surface area contributed by atoms with E-state index in [1.54, 1.807) is 0 Å². The monoisotopic (exact) mass is 282 g/mol. The maximum Gasteiger partial charge on any atom is 0.234 e. The van der Waals surface area contributed by atoms with Crippen LogP contribution in [0.2, 0.25) is 0 Å². The maximum absolute atomic E-state index is 11.8.